The van der Waals surface area contributed by atoms with Crippen LogP contribution in [0, 0.1) is 5.41 Å². The summed E-state index contributed by atoms with van der Waals surface area (Å²) in [7, 11) is 0. The summed E-state index contributed by atoms with van der Waals surface area (Å²) in [6, 6.07) is 17.0. The van der Waals surface area contributed by atoms with E-state index < -0.39 is 0 Å². The van der Waals surface area contributed by atoms with Gasteiger partial charge >= 0.3 is 0 Å². The average Bonchev–Trinajstić information content (AvgIpc) is 2.55. The predicted octanol–water partition coefficient (Wildman–Crippen LogP) is 5.18. The number of hydrogen-bond acceptors (Lipinski definition) is 3. The van der Waals surface area contributed by atoms with Gasteiger partial charge in [0, 0.05) is 28.6 Å². The summed E-state index contributed by atoms with van der Waals surface area (Å²) in [4.78, 5) is 25.5. The Bertz CT molecular complexity index is 770. The van der Waals surface area contributed by atoms with E-state index in [2.05, 4.69) is 19.2 Å². The molecule has 25 heavy (non-hydrogen) atoms. The first-order valence-electron chi connectivity index (χ1n) is 8.57. The van der Waals surface area contributed by atoms with Crippen molar-refractivity contribution in [3.8, 4) is 0 Å². The molecule has 0 radical (unpaired) electrons. The Labute approximate surface area is 153 Å². The lowest BCUT2D eigenvalue weighted by Gasteiger charge is -2.34. The highest BCUT2D eigenvalue weighted by Crippen LogP contribution is 2.42. The molecule has 4 heteroatoms. The van der Waals surface area contributed by atoms with Crippen molar-refractivity contribution in [2.75, 3.05) is 5.32 Å². The highest BCUT2D eigenvalue weighted by atomic mass is 32.2. The van der Waals surface area contributed by atoms with Crippen LogP contribution in [0.3, 0.4) is 0 Å². The number of hydrogen-bond donors (Lipinski definition) is 1. The van der Waals surface area contributed by atoms with E-state index >= 15 is 0 Å². The maximum Gasteiger partial charge on any atom is 0.255 e. The number of rotatable bonds is 4. The van der Waals surface area contributed by atoms with Gasteiger partial charge < -0.3 is 5.32 Å². The Kier molecular flexibility index (Phi) is 5.28. The molecule has 1 atom stereocenters. The Hall–Kier alpha value is -2.07. The van der Waals surface area contributed by atoms with E-state index in [1.807, 2.05) is 42.5 Å². The summed E-state index contributed by atoms with van der Waals surface area (Å²) in [5.41, 5.74) is 1.49. The van der Waals surface area contributed by atoms with Crippen molar-refractivity contribution in [1.29, 1.82) is 0 Å². The van der Waals surface area contributed by atoms with E-state index in [4.69, 9.17) is 0 Å². The smallest absolute Gasteiger partial charge is 0.255 e. The van der Waals surface area contributed by atoms with Gasteiger partial charge in [-0.3, -0.25) is 9.59 Å². The van der Waals surface area contributed by atoms with Crippen LogP contribution in [0.25, 0.3) is 0 Å². The fourth-order valence-electron chi connectivity index (χ4n) is 3.34. The summed E-state index contributed by atoms with van der Waals surface area (Å²) in [6.45, 7) is 4.31. The Balaban J connectivity index is 1.75. The molecule has 2 aromatic carbocycles. The number of anilines is 1. The maximum atomic E-state index is 12.4. The largest absolute Gasteiger partial charge is 0.321 e. The van der Waals surface area contributed by atoms with Gasteiger partial charge in [-0.05, 0) is 36.1 Å². The van der Waals surface area contributed by atoms with Crippen LogP contribution in [-0.2, 0) is 4.79 Å². The van der Waals surface area contributed by atoms with Crippen molar-refractivity contribution in [3.05, 3.63) is 60.2 Å². The van der Waals surface area contributed by atoms with Crippen molar-refractivity contribution in [1.82, 2.24) is 0 Å². The number of benzene rings is 2. The zero-order chi connectivity index (χ0) is 17.9. The fourth-order valence-corrected chi connectivity index (χ4v) is 4.91. The molecule has 130 valence electrons. The van der Waals surface area contributed by atoms with Crippen LogP contribution in [0.4, 0.5) is 5.69 Å². The first-order chi connectivity index (χ1) is 11.9. The summed E-state index contributed by atoms with van der Waals surface area (Å²) in [5.74, 6) is 0.216. The van der Waals surface area contributed by atoms with Crippen LogP contribution in [-0.4, -0.2) is 16.9 Å². The molecule has 3 rings (SSSR count). The molecule has 0 spiro atoms. The van der Waals surface area contributed by atoms with Crippen LogP contribution in [0.1, 0.15) is 43.5 Å². The van der Waals surface area contributed by atoms with Crippen LogP contribution in [0.2, 0.25) is 0 Å². The minimum Gasteiger partial charge on any atom is -0.321 e. The third-order valence-electron chi connectivity index (χ3n) is 4.38. The molecule has 1 N–H and O–H groups in total. The van der Waals surface area contributed by atoms with Crippen molar-refractivity contribution < 1.29 is 9.59 Å². The molecule has 1 unspecified atom stereocenters. The molecule has 1 saturated carbocycles. The van der Waals surface area contributed by atoms with Crippen molar-refractivity contribution in [2.24, 2.45) is 5.41 Å². The van der Waals surface area contributed by atoms with Crippen molar-refractivity contribution in [3.63, 3.8) is 0 Å². The second-order valence-electron chi connectivity index (χ2n) is 7.34. The molecule has 1 aliphatic carbocycles. The second kappa shape index (κ2) is 7.44. The van der Waals surface area contributed by atoms with E-state index in [0.29, 0.717) is 24.2 Å². The lowest BCUT2D eigenvalue weighted by Crippen LogP contribution is -2.30. The minimum atomic E-state index is -0.117. The lowest BCUT2D eigenvalue weighted by atomic mass is 9.77. The van der Waals surface area contributed by atoms with E-state index in [1.165, 1.54) is 0 Å². The molecule has 1 amide bonds. The fraction of sp³-hybridized carbons (Fsp3) is 0.333. The number of carbonyl (C=O) groups excluding carboxylic acids is 2. The number of nitrogens with one attached hydrogen (secondary N) is 1. The first-order valence-corrected chi connectivity index (χ1v) is 9.45. The van der Waals surface area contributed by atoms with Crippen LogP contribution in [0.5, 0.6) is 0 Å². The molecule has 1 fully saturated rings. The van der Waals surface area contributed by atoms with Crippen molar-refractivity contribution in [2.45, 2.75) is 43.3 Å². The molecular weight excluding hydrogens is 330 g/mol. The predicted molar refractivity (Wildman–Crippen MR) is 103 cm³/mol. The summed E-state index contributed by atoms with van der Waals surface area (Å²) < 4.78 is 0. The zero-order valence-electron chi connectivity index (χ0n) is 14.6. The molecule has 0 aromatic heterocycles. The van der Waals surface area contributed by atoms with Crippen LogP contribution in [0.15, 0.2) is 59.5 Å². The Morgan fingerprint density at radius 3 is 2.48 bits per heavy atom. The normalized spacial score (nSPS) is 19.4. The molecule has 0 heterocycles. The highest BCUT2D eigenvalue weighted by molar-refractivity contribution is 8.00. The van der Waals surface area contributed by atoms with Gasteiger partial charge in [0.15, 0.2) is 0 Å². The third-order valence-corrected chi connectivity index (χ3v) is 5.65. The summed E-state index contributed by atoms with van der Waals surface area (Å²) in [6.07, 6.45) is 2.27. The number of para-hydroxylation sites is 1. The van der Waals surface area contributed by atoms with E-state index in [1.54, 1.807) is 23.9 Å². The minimum absolute atomic E-state index is 0.0508. The third kappa shape index (κ3) is 4.73. The number of carbonyl (C=O) groups is 2. The van der Waals surface area contributed by atoms with Crippen molar-refractivity contribution >= 4 is 29.1 Å². The van der Waals surface area contributed by atoms with Gasteiger partial charge in [-0.15, -0.1) is 11.8 Å². The van der Waals surface area contributed by atoms with Crippen LogP contribution >= 0.6 is 11.8 Å². The first kappa shape index (κ1) is 17.7. The number of ketones is 1. The molecule has 3 nitrogen and oxygen atoms in total. The molecule has 0 bridgehead atoms. The van der Waals surface area contributed by atoms with Crippen LogP contribution < -0.4 is 5.32 Å². The number of thioether (sulfide) groups is 1. The van der Waals surface area contributed by atoms with E-state index in [9.17, 15) is 9.59 Å². The average molecular weight is 353 g/mol. The van der Waals surface area contributed by atoms with Gasteiger partial charge in [-0.1, -0.05) is 44.2 Å². The summed E-state index contributed by atoms with van der Waals surface area (Å²) >= 11 is 1.70. The highest BCUT2D eigenvalue weighted by Gasteiger charge is 2.33. The molecule has 1 aliphatic rings. The quantitative estimate of drug-likeness (QED) is 0.824. The lowest BCUT2D eigenvalue weighted by molar-refractivity contribution is -0.122. The number of amides is 1. The SMILES string of the molecule is CC1(C)CC(=O)CC(Sc2ccccc2NC(=O)c2ccccc2)C1. The summed E-state index contributed by atoms with van der Waals surface area (Å²) in [5, 5.41) is 3.26. The Morgan fingerprint density at radius 1 is 1.08 bits per heavy atom. The maximum absolute atomic E-state index is 12.4. The molecule has 2 aromatic rings. The topological polar surface area (TPSA) is 46.2 Å². The van der Waals surface area contributed by atoms with Gasteiger partial charge in [0.1, 0.15) is 5.78 Å². The molecular formula is C21H23NO2S. The van der Waals surface area contributed by atoms with E-state index in [0.717, 1.165) is 17.0 Å². The van der Waals surface area contributed by atoms with Gasteiger partial charge in [0.05, 0.1) is 5.69 Å². The Morgan fingerprint density at radius 2 is 1.76 bits per heavy atom. The monoisotopic (exact) mass is 353 g/mol. The zero-order valence-corrected chi connectivity index (χ0v) is 15.4. The standard InChI is InChI=1S/C21H23NO2S/c1-21(2)13-16(23)12-17(14-21)25-19-11-7-6-10-18(19)22-20(24)15-8-4-3-5-9-15/h3-11,17H,12-14H2,1-2H3,(H,22,24). The second-order valence-corrected chi connectivity index (χ2v) is 8.69. The van der Waals surface area contributed by atoms with Gasteiger partial charge in [0.25, 0.3) is 5.91 Å². The number of Topliss-reactive ketones (excluding diaryl/α,β-unsaturated/α-hetero) is 1. The van der Waals surface area contributed by atoms with Gasteiger partial charge in [-0.25, -0.2) is 0 Å². The molecule has 0 aliphatic heterocycles. The molecule has 0 saturated heterocycles. The van der Waals surface area contributed by atoms with E-state index in [-0.39, 0.29) is 16.6 Å². The van der Waals surface area contributed by atoms with Gasteiger partial charge in [0.2, 0.25) is 0 Å². The van der Waals surface area contributed by atoms with Gasteiger partial charge in [-0.2, -0.15) is 0 Å².